The number of amidine groups is 1. The molecule has 3 aliphatic heterocycles. The smallest absolute Gasteiger partial charge is 0.404 e. The second-order valence-corrected chi connectivity index (χ2v) is 13.8. The van der Waals surface area contributed by atoms with Crippen molar-refractivity contribution in [1.29, 1.82) is 0 Å². The van der Waals surface area contributed by atoms with Crippen molar-refractivity contribution in [3.63, 3.8) is 0 Å². The minimum atomic E-state index is -2.16. The van der Waals surface area contributed by atoms with Crippen LogP contribution in [0.4, 0.5) is 4.79 Å². The Labute approximate surface area is 318 Å². The van der Waals surface area contributed by atoms with Crippen molar-refractivity contribution < 1.29 is 84.0 Å². The third-order valence-electron chi connectivity index (χ3n) is 9.84. The summed E-state index contributed by atoms with van der Waals surface area (Å²) in [6.07, 6.45) is -27.2. The summed E-state index contributed by atoms with van der Waals surface area (Å²) >= 11 is 0. The summed E-state index contributed by atoms with van der Waals surface area (Å²) in [6, 6.07) is -5.50. The summed E-state index contributed by atoms with van der Waals surface area (Å²) < 4.78 is 27.7. The lowest BCUT2D eigenvalue weighted by Gasteiger charge is -2.49. The van der Waals surface area contributed by atoms with Crippen molar-refractivity contribution in [2.75, 3.05) is 19.8 Å². The number of ether oxygens (including phenoxy) is 5. The highest BCUT2D eigenvalue weighted by Crippen LogP contribution is 2.33. The second kappa shape index (κ2) is 19.7. The number of carbonyl (C=O) groups excluding carboxylic acids is 3. The van der Waals surface area contributed by atoms with Crippen molar-refractivity contribution in [3.05, 3.63) is 0 Å². The molecule has 0 bridgehead atoms. The maximum Gasteiger partial charge on any atom is 0.404 e. The quantitative estimate of drug-likeness (QED) is 0.0415. The predicted molar refractivity (Wildman–Crippen MR) is 184 cm³/mol. The molecule has 3 heterocycles. The Morgan fingerprint density at radius 1 is 0.786 bits per heavy atom. The number of aliphatic hydroxyl groups excluding tert-OH is 9. The van der Waals surface area contributed by atoms with E-state index in [2.05, 4.69) is 20.6 Å². The largest absolute Gasteiger partial charge is 0.441 e. The average molecular weight is 812 g/mol. The van der Waals surface area contributed by atoms with Crippen LogP contribution in [0, 0.1) is 0 Å². The molecule has 1 aliphatic carbocycles. The molecule has 0 aromatic carbocycles. The molecule has 4 aliphatic rings. The van der Waals surface area contributed by atoms with Crippen LogP contribution in [0.25, 0.3) is 0 Å². The maximum atomic E-state index is 13.0. The topological polar surface area (TPSA) is 458 Å². The highest BCUT2D eigenvalue weighted by Gasteiger charge is 2.57. The first-order chi connectivity index (χ1) is 26.4. The number of nitrogens with one attached hydrogen (secondary N) is 2. The van der Waals surface area contributed by atoms with Crippen LogP contribution < -0.4 is 39.3 Å². The van der Waals surface area contributed by atoms with E-state index in [1.54, 1.807) is 0 Å². The van der Waals surface area contributed by atoms with E-state index in [1.165, 1.54) is 0 Å². The normalized spacial score (nSPS) is 40.5. The Kier molecular flexibility index (Phi) is 15.9. The van der Waals surface area contributed by atoms with Gasteiger partial charge in [0.25, 0.3) is 0 Å². The van der Waals surface area contributed by atoms with E-state index in [-0.39, 0.29) is 37.6 Å². The highest BCUT2D eigenvalue weighted by molar-refractivity contribution is 5.91. The van der Waals surface area contributed by atoms with E-state index in [0.717, 1.165) is 0 Å². The molecule has 3 fully saturated rings. The van der Waals surface area contributed by atoms with Gasteiger partial charge in [0.2, 0.25) is 11.8 Å². The molecule has 56 heavy (non-hydrogen) atoms. The summed E-state index contributed by atoms with van der Waals surface area (Å²) in [7, 11) is 0. The molecule has 1 saturated carbocycles. The Bertz CT molecular complexity index is 1410. The average Bonchev–Trinajstić information content (AvgIpc) is 3.60. The lowest BCUT2D eigenvalue weighted by atomic mass is 9.82. The van der Waals surface area contributed by atoms with Gasteiger partial charge in [0.05, 0.1) is 31.1 Å². The summed E-state index contributed by atoms with van der Waals surface area (Å²) in [6.45, 7) is -1.68. The van der Waals surface area contributed by atoms with E-state index in [9.17, 15) is 60.3 Å². The van der Waals surface area contributed by atoms with Crippen LogP contribution in [0.1, 0.15) is 25.7 Å². The van der Waals surface area contributed by atoms with Crippen LogP contribution in [0.2, 0.25) is 0 Å². The van der Waals surface area contributed by atoms with Crippen molar-refractivity contribution >= 4 is 29.7 Å². The molecule has 0 spiro atoms. The number of aliphatic imine (C=N–C) groups is 2. The fourth-order valence-corrected chi connectivity index (χ4v) is 6.78. The molecule has 26 nitrogen and oxygen atoms in total. The zero-order valence-corrected chi connectivity index (χ0v) is 29.9. The van der Waals surface area contributed by atoms with Gasteiger partial charge in [0, 0.05) is 13.0 Å². The molecule has 0 aromatic heterocycles. The van der Waals surface area contributed by atoms with Crippen molar-refractivity contribution in [1.82, 2.24) is 10.6 Å². The number of carbonyl (C=O) groups is 3. The van der Waals surface area contributed by atoms with Crippen molar-refractivity contribution in [2.24, 2.45) is 38.7 Å². The van der Waals surface area contributed by atoms with Gasteiger partial charge in [-0.15, -0.1) is 0 Å². The van der Waals surface area contributed by atoms with Gasteiger partial charge in [-0.05, 0) is 19.3 Å². The van der Waals surface area contributed by atoms with Gasteiger partial charge in [-0.2, -0.15) is 0 Å². The molecule has 21 N–H and O–H groups in total. The molecule has 4 rings (SSSR count). The molecule has 2 saturated heterocycles. The number of aliphatic hydroxyl groups is 9. The standard InChI is InChI=1S/C30H53N9O17/c31-8(2-1-5-36-29(33)34)25(49)39-14-17(44)15(42)10(6-40)52-27(14)54-22-11(7-41)53-28(21(48)20(22)47)55-23-18(45)13(16(43)19(46)24(23)56-30(35)51)38-26(50)9-3-4-12(32)37-9/h8-11,13-24,27-28,40-48H,1-7,31H2,(H2,32,37)(H2,35,51)(H,38,50)(H,39,49)(H4,33,34,36)/t8-,9-,10-,11-,13+,14-,15-,16+,17-,18-,19-,20-,21-,22-,23+,24+,27+,28+/m0/s1. The Hall–Kier alpha value is -3.61. The van der Waals surface area contributed by atoms with Gasteiger partial charge < -0.3 is 109 Å². The van der Waals surface area contributed by atoms with Gasteiger partial charge in [0.15, 0.2) is 24.6 Å². The molecule has 320 valence electrons. The van der Waals surface area contributed by atoms with E-state index in [4.69, 9.17) is 52.4 Å². The summed E-state index contributed by atoms with van der Waals surface area (Å²) in [4.78, 5) is 45.4. The van der Waals surface area contributed by atoms with Gasteiger partial charge >= 0.3 is 6.09 Å². The third kappa shape index (κ3) is 10.5. The number of rotatable bonds is 15. The third-order valence-corrected chi connectivity index (χ3v) is 9.84. The SMILES string of the molecule is NC(=O)O[C@@H]1[C@@H](O)[C@H](O)[C@@H](NC(=O)[C@@H]2CCC(N)=N2)[C@H](O)[C@H]1O[C@H]1O[C@@H](CO)[C@H](O[C@H]2O[C@@H](CO)[C@H](O)[C@@H](O)[C@@H]2NC(=O)[C@@H](N)CCCN=C(N)N)[C@@H](O)[C@@H]1O. The molecule has 0 radical (unpaired) electrons. The van der Waals surface area contributed by atoms with Gasteiger partial charge in [-0.25, -0.2) is 4.79 Å². The molecular weight excluding hydrogens is 758 g/mol. The first-order valence-corrected chi connectivity index (χ1v) is 17.7. The van der Waals surface area contributed by atoms with E-state index in [0.29, 0.717) is 6.42 Å². The first-order valence-electron chi connectivity index (χ1n) is 17.7. The minimum Gasteiger partial charge on any atom is -0.441 e. The lowest BCUT2D eigenvalue weighted by molar-refractivity contribution is -0.361. The van der Waals surface area contributed by atoms with Gasteiger partial charge in [0.1, 0.15) is 79.2 Å². The van der Waals surface area contributed by atoms with Crippen LogP contribution in [0.15, 0.2) is 9.98 Å². The minimum absolute atomic E-state index is 0.0727. The van der Waals surface area contributed by atoms with Gasteiger partial charge in [-0.3, -0.25) is 19.6 Å². The van der Waals surface area contributed by atoms with Crippen molar-refractivity contribution in [3.8, 4) is 0 Å². The van der Waals surface area contributed by atoms with Crippen LogP contribution in [-0.4, -0.2) is 205 Å². The van der Waals surface area contributed by atoms with E-state index in [1.807, 2.05) is 0 Å². The number of nitrogens with zero attached hydrogens (tertiary/aromatic N) is 2. The van der Waals surface area contributed by atoms with Crippen LogP contribution in [0.5, 0.6) is 0 Å². The number of primary amides is 1. The Balaban J connectivity index is 1.52. The van der Waals surface area contributed by atoms with Crippen molar-refractivity contribution in [2.45, 2.75) is 136 Å². The molecular formula is C30H53N9O17. The zero-order chi connectivity index (χ0) is 41.6. The fourth-order valence-electron chi connectivity index (χ4n) is 6.78. The van der Waals surface area contributed by atoms with Crippen LogP contribution in [-0.2, 0) is 33.3 Å². The van der Waals surface area contributed by atoms with Gasteiger partial charge in [-0.1, -0.05) is 0 Å². The summed E-state index contributed by atoms with van der Waals surface area (Å²) in [5.74, 6) is -1.61. The molecule has 3 amide bonds. The molecule has 0 unspecified atom stereocenters. The second-order valence-electron chi connectivity index (χ2n) is 13.8. The highest BCUT2D eigenvalue weighted by atomic mass is 16.7. The Morgan fingerprint density at radius 2 is 1.39 bits per heavy atom. The van der Waals surface area contributed by atoms with E-state index >= 15 is 0 Å². The maximum absolute atomic E-state index is 13.0. The number of guanidine groups is 1. The lowest BCUT2D eigenvalue weighted by Crippen LogP contribution is -2.72. The number of amides is 3. The van der Waals surface area contributed by atoms with E-state index < -0.39 is 141 Å². The van der Waals surface area contributed by atoms with Crippen LogP contribution in [0.3, 0.4) is 0 Å². The monoisotopic (exact) mass is 811 g/mol. The summed E-state index contributed by atoms with van der Waals surface area (Å²) in [5.41, 5.74) is 27.4. The number of nitrogens with two attached hydrogens (primary N) is 5. The first kappa shape index (κ1) is 45.1. The summed E-state index contributed by atoms with van der Waals surface area (Å²) in [5, 5.41) is 102. The molecule has 0 aromatic rings. The molecule has 26 heteroatoms. The predicted octanol–water partition coefficient (Wildman–Crippen LogP) is -9.93. The molecule has 18 atom stereocenters. The number of hydrogen-bond acceptors (Lipinski definition) is 21. The Morgan fingerprint density at radius 3 is 1.98 bits per heavy atom. The fraction of sp³-hybridized carbons (Fsp3) is 0.833. The van der Waals surface area contributed by atoms with Crippen LogP contribution >= 0.6 is 0 Å². The number of hydrogen-bond donors (Lipinski definition) is 16. The zero-order valence-electron chi connectivity index (χ0n) is 29.9.